The number of nitrogens with one attached hydrogen (secondary N) is 2. The van der Waals surface area contributed by atoms with E-state index in [1.165, 1.54) is 18.3 Å². The van der Waals surface area contributed by atoms with Crippen LogP contribution in [0.3, 0.4) is 0 Å². The fourth-order valence-corrected chi connectivity index (χ4v) is 3.31. The van der Waals surface area contributed by atoms with Crippen LogP contribution in [0.2, 0.25) is 0 Å². The zero-order valence-electron chi connectivity index (χ0n) is 20.4. The van der Waals surface area contributed by atoms with Crippen molar-refractivity contribution in [2.45, 2.75) is 12.5 Å². The number of carbonyl (C=O) groups excluding carboxylic acids is 2. The SMILES string of the molecule is C=CCOc1ccc(C=NNC(=O)C(Cc2ccc(O)cc2)NC(=O)c2cc([N+](=O)[O-])cc([N+](=O)[O-])c2)cc1. The van der Waals surface area contributed by atoms with Gasteiger partial charge in [-0.1, -0.05) is 24.8 Å². The van der Waals surface area contributed by atoms with E-state index in [2.05, 4.69) is 22.4 Å². The summed E-state index contributed by atoms with van der Waals surface area (Å²) in [6.07, 6.45) is 2.94. The Labute approximate surface area is 221 Å². The molecule has 13 nitrogen and oxygen atoms in total. The Balaban J connectivity index is 1.79. The van der Waals surface area contributed by atoms with Crippen molar-refractivity contribution in [3.05, 3.63) is 116 Å². The second-order valence-electron chi connectivity index (χ2n) is 8.05. The lowest BCUT2D eigenvalue weighted by Crippen LogP contribution is -2.46. The van der Waals surface area contributed by atoms with Crippen molar-refractivity contribution in [3.8, 4) is 11.5 Å². The lowest BCUT2D eigenvalue weighted by molar-refractivity contribution is -0.394. The molecule has 39 heavy (non-hydrogen) atoms. The normalized spacial score (nSPS) is 11.4. The molecule has 1 unspecified atom stereocenters. The topological polar surface area (TPSA) is 186 Å². The Hall–Kier alpha value is -5.59. The van der Waals surface area contributed by atoms with Gasteiger partial charge in [-0.2, -0.15) is 5.10 Å². The summed E-state index contributed by atoms with van der Waals surface area (Å²) in [5.41, 5.74) is 1.86. The molecule has 0 fully saturated rings. The van der Waals surface area contributed by atoms with Crippen molar-refractivity contribution in [2.75, 3.05) is 6.61 Å². The van der Waals surface area contributed by atoms with Crippen molar-refractivity contribution < 1.29 is 29.3 Å². The summed E-state index contributed by atoms with van der Waals surface area (Å²) >= 11 is 0. The molecular formula is C26H23N5O8. The molecule has 0 aliphatic rings. The number of hydrogen-bond acceptors (Lipinski definition) is 9. The van der Waals surface area contributed by atoms with Gasteiger partial charge in [-0.15, -0.1) is 0 Å². The average molecular weight is 533 g/mol. The minimum absolute atomic E-state index is 0.00166. The monoisotopic (exact) mass is 533 g/mol. The largest absolute Gasteiger partial charge is 0.508 e. The quantitative estimate of drug-likeness (QED) is 0.137. The van der Waals surface area contributed by atoms with E-state index in [0.717, 1.165) is 18.2 Å². The summed E-state index contributed by atoms with van der Waals surface area (Å²) in [6, 6.07) is 14.0. The molecule has 3 rings (SSSR count). The third-order valence-electron chi connectivity index (χ3n) is 5.22. The van der Waals surface area contributed by atoms with Crippen LogP contribution in [0.15, 0.2) is 84.5 Å². The van der Waals surface area contributed by atoms with E-state index in [4.69, 9.17) is 4.74 Å². The first-order valence-corrected chi connectivity index (χ1v) is 11.4. The molecular weight excluding hydrogens is 510 g/mol. The molecule has 1 atom stereocenters. The molecule has 0 aliphatic heterocycles. The minimum Gasteiger partial charge on any atom is -0.508 e. The summed E-state index contributed by atoms with van der Waals surface area (Å²) in [5.74, 6) is -1.05. The number of hydrogen-bond donors (Lipinski definition) is 3. The first kappa shape index (κ1) is 28.0. The fourth-order valence-electron chi connectivity index (χ4n) is 3.31. The average Bonchev–Trinajstić information content (AvgIpc) is 2.92. The van der Waals surface area contributed by atoms with E-state index in [1.54, 1.807) is 42.5 Å². The lowest BCUT2D eigenvalue weighted by Gasteiger charge is -2.17. The standard InChI is InChI=1S/C26H23N5O8/c1-2-11-39-23-9-5-18(6-10-23)16-27-29-26(34)24(12-17-3-7-22(32)8-4-17)28-25(33)19-13-20(30(35)36)15-21(14-19)31(37)38/h2-10,13-16,24,32H,1,11-12H2,(H,28,33)(H,29,34). The van der Waals surface area contributed by atoms with E-state index < -0.39 is 39.1 Å². The van der Waals surface area contributed by atoms with Gasteiger partial charge in [0.25, 0.3) is 23.2 Å². The van der Waals surface area contributed by atoms with Gasteiger partial charge in [0.05, 0.1) is 27.7 Å². The molecule has 0 bridgehead atoms. The fraction of sp³-hybridized carbons (Fsp3) is 0.115. The predicted octanol–water partition coefficient (Wildman–Crippen LogP) is 3.26. The number of hydrazone groups is 1. The Morgan fingerprint density at radius 3 is 2.18 bits per heavy atom. The zero-order chi connectivity index (χ0) is 28.4. The Bertz CT molecular complexity index is 1370. The van der Waals surface area contributed by atoms with Gasteiger partial charge >= 0.3 is 0 Å². The molecule has 3 N–H and O–H groups in total. The first-order valence-electron chi connectivity index (χ1n) is 11.4. The molecule has 0 radical (unpaired) electrons. The van der Waals surface area contributed by atoms with Crippen molar-refractivity contribution >= 4 is 29.4 Å². The Kier molecular flexibility index (Phi) is 9.40. The van der Waals surface area contributed by atoms with E-state index in [9.17, 15) is 34.9 Å². The highest BCUT2D eigenvalue weighted by molar-refractivity contribution is 5.98. The van der Waals surface area contributed by atoms with Crippen molar-refractivity contribution in [1.82, 2.24) is 10.7 Å². The molecule has 0 saturated heterocycles. The van der Waals surface area contributed by atoms with Crippen LogP contribution in [-0.2, 0) is 11.2 Å². The van der Waals surface area contributed by atoms with Crippen molar-refractivity contribution in [1.29, 1.82) is 0 Å². The number of non-ortho nitro benzene ring substituents is 2. The summed E-state index contributed by atoms with van der Waals surface area (Å²) in [6.45, 7) is 3.92. The van der Waals surface area contributed by atoms with E-state index >= 15 is 0 Å². The van der Waals surface area contributed by atoms with Gasteiger partial charge in [-0.25, -0.2) is 5.43 Å². The molecule has 200 valence electrons. The predicted molar refractivity (Wildman–Crippen MR) is 141 cm³/mol. The maximum Gasteiger partial charge on any atom is 0.277 e. The number of nitrogens with zero attached hydrogens (tertiary/aromatic N) is 3. The molecule has 0 spiro atoms. The van der Waals surface area contributed by atoms with Crippen molar-refractivity contribution in [3.63, 3.8) is 0 Å². The molecule has 13 heteroatoms. The van der Waals surface area contributed by atoms with Gasteiger partial charge in [0.1, 0.15) is 24.1 Å². The summed E-state index contributed by atoms with van der Waals surface area (Å²) in [4.78, 5) is 46.5. The number of benzene rings is 3. The molecule has 0 aromatic heterocycles. The highest BCUT2D eigenvalue weighted by atomic mass is 16.6. The molecule has 3 aromatic carbocycles. The molecule has 0 aliphatic carbocycles. The maximum atomic E-state index is 13.0. The van der Waals surface area contributed by atoms with Crippen LogP contribution in [0.4, 0.5) is 11.4 Å². The Morgan fingerprint density at radius 1 is 1.00 bits per heavy atom. The number of nitro groups is 2. The Morgan fingerprint density at radius 2 is 1.62 bits per heavy atom. The maximum absolute atomic E-state index is 13.0. The number of amides is 2. The number of aromatic hydroxyl groups is 1. The van der Waals surface area contributed by atoms with Gasteiger partial charge in [0, 0.05) is 18.6 Å². The molecule has 0 heterocycles. The number of phenols is 1. The van der Waals surface area contributed by atoms with Crippen LogP contribution in [0.5, 0.6) is 11.5 Å². The van der Waals surface area contributed by atoms with Gasteiger partial charge in [0.2, 0.25) is 0 Å². The van der Waals surface area contributed by atoms with E-state index in [0.29, 0.717) is 23.5 Å². The van der Waals surface area contributed by atoms with E-state index in [1.807, 2.05) is 0 Å². The van der Waals surface area contributed by atoms with Gasteiger partial charge < -0.3 is 15.2 Å². The van der Waals surface area contributed by atoms with Crippen LogP contribution >= 0.6 is 0 Å². The molecule has 3 aromatic rings. The van der Waals surface area contributed by atoms with Crippen LogP contribution in [0.25, 0.3) is 0 Å². The van der Waals surface area contributed by atoms with Crippen LogP contribution in [-0.4, -0.2) is 45.6 Å². The number of carbonyl (C=O) groups is 2. The molecule has 2 amide bonds. The summed E-state index contributed by atoms with van der Waals surface area (Å²) in [5, 5.41) is 38.3. The van der Waals surface area contributed by atoms with Crippen LogP contribution in [0.1, 0.15) is 21.5 Å². The smallest absolute Gasteiger partial charge is 0.277 e. The minimum atomic E-state index is -1.23. The number of nitro benzene ring substituents is 2. The van der Waals surface area contributed by atoms with Gasteiger partial charge in [0.15, 0.2) is 0 Å². The number of rotatable bonds is 12. The second-order valence-corrected chi connectivity index (χ2v) is 8.05. The molecule has 0 saturated carbocycles. The van der Waals surface area contributed by atoms with Gasteiger partial charge in [-0.3, -0.25) is 29.8 Å². The second kappa shape index (κ2) is 13.1. The first-order chi connectivity index (χ1) is 18.7. The van der Waals surface area contributed by atoms with Crippen molar-refractivity contribution in [2.24, 2.45) is 5.10 Å². The summed E-state index contributed by atoms with van der Waals surface area (Å²) in [7, 11) is 0. The van der Waals surface area contributed by atoms with Crippen LogP contribution < -0.4 is 15.5 Å². The summed E-state index contributed by atoms with van der Waals surface area (Å²) < 4.78 is 5.40. The third kappa shape index (κ3) is 8.21. The zero-order valence-corrected chi connectivity index (χ0v) is 20.4. The lowest BCUT2D eigenvalue weighted by atomic mass is 10.0. The van der Waals surface area contributed by atoms with Crippen LogP contribution in [0, 0.1) is 20.2 Å². The number of phenolic OH excluding ortho intramolecular Hbond substituents is 1. The number of ether oxygens (including phenoxy) is 1. The third-order valence-corrected chi connectivity index (χ3v) is 5.22. The highest BCUT2D eigenvalue weighted by Crippen LogP contribution is 2.23. The van der Waals surface area contributed by atoms with E-state index in [-0.39, 0.29) is 17.7 Å². The van der Waals surface area contributed by atoms with Gasteiger partial charge in [-0.05, 0) is 47.5 Å². The highest BCUT2D eigenvalue weighted by Gasteiger charge is 2.25.